The highest BCUT2D eigenvalue weighted by atomic mass is 35.5. The number of amides is 2. The van der Waals surface area contributed by atoms with E-state index in [1.54, 1.807) is 36.6 Å². The van der Waals surface area contributed by atoms with Crippen LogP contribution >= 0.6 is 23.4 Å². The van der Waals surface area contributed by atoms with Crippen molar-refractivity contribution >= 4 is 50.9 Å². The first kappa shape index (κ1) is 31.2. The number of hydrogen-bond donors (Lipinski definition) is 2. The first-order valence-corrected chi connectivity index (χ1v) is 16.0. The van der Waals surface area contributed by atoms with Crippen LogP contribution in [-0.4, -0.2) is 58.1 Å². The number of benzene rings is 3. The van der Waals surface area contributed by atoms with Crippen LogP contribution in [0.1, 0.15) is 35.6 Å². The zero-order valence-corrected chi connectivity index (χ0v) is 25.8. The van der Waals surface area contributed by atoms with Gasteiger partial charge in [-0.3, -0.25) is 14.2 Å². The maximum Gasteiger partial charge on any atom is 0.251 e. The van der Waals surface area contributed by atoms with Crippen molar-refractivity contribution in [2.24, 2.45) is 0 Å². The maximum absolute atomic E-state index is 12.9. The molecule has 0 radical (unpaired) electrons. The molecule has 4 rings (SSSR count). The average molecular weight is 627 g/mol. The Morgan fingerprint density at radius 1 is 0.976 bits per heavy atom. The largest absolute Gasteiger partial charge is 0.345 e. The quantitative estimate of drug-likeness (QED) is 0.214. The molecule has 0 unspecified atom stereocenters. The molecule has 0 saturated carbocycles. The molecule has 0 aliphatic heterocycles. The molecular formula is C29H31ClN6O4S2. The van der Waals surface area contributed by atoms with Crippen molar-refractivity contribution in [2.45, 2.75) is 37.4 Å². The van der Waals surface area contributed by atoms with Gasteiger partial charge in [-0.25, -0.2) is 8.42 Å². The normalized spacial score (nSPS) is 11.5. The zero-order valence-electron chi connectivity index (χ0n) is 23.4. The number of aryl methyl sites for hydroxylation is 1. The SMILES string of the molecule is CCN(CC)S(=O)(=O)c1ccc(C(=O)NCc2nnc(SCC(=O)Nc3cccc(C)c3)n2-c2cccc(Cl)c2)cc1. The Hall–Kier alpha value is -3.71. The smallest absolute Gasteiger partial charge is 0.251 e. The Morgan fingerprint density at radius 3 is 2.36 bits per heavy atom. The highest BCUT2D eigenvalue weighted by Crippen LogP contribution is 2.25. The van der Waals surface area contributed by atoms with Gasteiger partial charge in [0.2, 0.25) is 15.9 Å². The number of nitrogens with one attached hydrogen (secondary N) is 2. The molecule has 0 spiro atoms. The van der Waals surface area contributed by atoms with Crippen LogP contribution in [0.4, 0.5) is 5.69 Å². The van der Waals surface area contributed by atoms with E-state index in [0.717, 1.165) is 5.56 Å². The van der Waals surface area contributed by atoms with E-state index in [-0.39, 0.29) is 23.1 Å². The van der Waals surface area contributed by atoms with Crippen molar-refractivity contribution in [1.82, 2.24) is 24.4 Å². The van der Waals surface area contributed by atoms with Crippen LogP contribution in [-0.2, 0) is 21.4 Å². The highest BCUT2D eigenvalue weighted by Gasteiger charge is 2.22. The summed E-state index contributed by atoms with van der Waals surface area (Å²) >= 11 is 7.45. The molecule has 220 valence electrons. The fourth-order valence-electron chi connectivity index (χ4n) is 4.19. The second kappa shape index (κ2) is 14.0. The van der Waals surface area contributed by atoms with Crippen molar-refractivity contribution in [3.8, 4) is 5.69 Å². The van der Waals surface area contributed by atoms with Crippen LogP contribution in [0.15, 0.2) is 82.8 Å². The molecule has 10 nitrogen and oxygen atoms in total. The number of carbonyl (C=O) groups excluding carboxylic acids is 2. The Kier molecular flexibility index (Phi) is 10.4. The van der Waals surface area contributed by atoms with E-state index in [1.165, 1.54) is 40.3 Å². The van der Waals surface area contributed by atoms with Crippen molar-refractivity contribution in [3.05, 3.63) is 94.8 Å². The van der Waals surface area contributed by atoms with Gasteiger partial charge in [0.15, 0.2) is 11.0 Å². The number of halogens is 1. The van der Waals surface area contributed by atoms with E-state index in [0.29, 0.717) is 46.0 Å². The van der Waals surface area contributed by atoms with Crippen LogP contribution < -0.4 is 10.6 Å². The lowest BCUT2D eigenvalue weighted by Gasteiger charge is -2.18. The minimum absolute atomic E-state index is 0.0217. The van der Waals surface area contributed by atoms with Crippen molar-refractivity contribution < 1.29 is 18.0 Å². The standard InChI is InChI=1S/C29H31ClN6O4S2/c1-4-35(5-2)42(39,40)25-14-12-21(13-15-25)28(38)31-18-26-33-34-29(36(26)24-11-7-9-22(30)17-24)41-19-27(37)32-23-10-6-8-20(3)16-23/h6-17H,4-5,18-19H2,1-3H3,(H,31,38)(H,32,37). The predicted molar refractivity (Wildman–Crippen MR) is 165 cm³/mol. The summed E-state index contributed by atoms with van der Waals surface area (Å²) in [6.45, 7) is 6.22. The molecule has 0 saturated heterocycles. The lowest BCUT2D eigenvalue weighted by Crippen LogP contribution is -2.30. The van der Waals surface area contributed by atoms with Crippen molar-refractivity contribution in [2.75, 3.05) is 24.2 Å². The average Bonchev–Trinajstić information content (AvgIpc) is 3.38. The van der Waals surface area contributed by atoms with Gasteiger partial charge in [-0.15, -0.1) is 10.2 Å². The Labute approximate surface area is 254 Å². The van der Waals surface area contributed by atoms with Crippen molar-refractivity contribution in [3.63, 3.8) is 0 Å². The zero-order chi connectivity index (χ0) is 30.3. The van der Waals surface area contributed by atoms with Gasteiger partial charge in [0.1, 0.15) is 0 Å². The van der Waals surface area contributed by atoms with Gasteiger partial charge in [0, 0.05) is 29.4 Å². The van der Waals surface area contributed by atoms with Gasteiger partial charge in [-0.2, -0.15) is 4.31 Å². The summed E-state index contributed by atoms with van der Waals surface area (Å²) in [5, 5.41) is 15.2. The topological polar surface area (TPSA) is 126 Å². The molecule has 0 atom stereocenters. The fourth-order valence-corrected chi connectivity index (χ4v) is 6.60. The lowest BCUT2D eigenvalue weighted by molar-refractivity contribution is -0.113. The van der Waals surface area contributed by atoms with Gasteiger partial charge < -0.3 is 10.6 Å². The maximum atomic E-state index is 12.9. The number of rotatable bonds is 12. The van der Waals surface area contributed by atoms with E-state index in [2.05, 4.69) is 20.8 Å². The molecular weight excluding hydrogens is 596 g/mol. The van der Waals surface area contributed by atoms with E-state index >= 15 is 0 Å². The number of nitrogens with zero attached hydrogens (tertiary/aromatic N) is 4. The minimum atomic E-state index is -3.63. The third-order valence-electron chi connectivity index (χ3n) is 6.27. The van der Waals surface area contributed by atoms with E-state index in [9.17, 15) is 18.0 Å². The summed E-state index contributed by atoms with van der Waals surface area (Å²) in [7, 11) is -3.63. The second-order valence-corrected chi connectivity index (χ2v) is 12.5. The highest BCUT2D eigenvalue weighted by molar-refractivity contribution is 7.99. The first-order chi connectivity index (χ1) is 20.1. The molecule has 4 aromatic rings. The predicted octanol–water partition coefficient (Wildman–Crippen LogP) is 4.92. The van der Waals surface area contributed by atoms with Gasteiger partial charge in [0.05, 0.1) is 22.9 Å². The number of aromatic nitrogens is 3. The number of sulfonamides is 1. The summed E-state index contributed by atoms with van der Waals surface area (Å²) in [4.78, 5) is 25.7. The third-order valence-corrected chi connectivity index (χ3v) is 9.50. The third kappa shape index (κ3) is 7.57. The Morgan fingerprint density at radius 2 is 1.69 bits per heavy atom. The molecule has 0 fully saturated rings. The van der Waals surface area contributed by atoms with E-state index in [1.807, 2.05) is 37.3 Å². The second-order valence-electron chi connectivity index (χ2n) is 9.22. The summed E-state index contributed by atoms with van der Waals surface area (Å²) in [6, 6.07) is 20.4. The van der Waals surface area contributed by atoms with E-state index < -0.39 is 15.9 Å². The van der Waals surface area contributed by atoms with Crippen LogP contribution in [0.2, 0.25) is 5.02 Å². The summed E-state index contributed by atoms with van der Waals surface area (Å²) in [6.07, 6.45) is 0. The molecule has 3 aromatic carbocycles. The molecule has 1 aromatic heterocycles. The van der Waals surface area contributed by atoms with Crippen LogP contribution in [0.25, 0.3) is 5.69 Å². The van der Waals surface area contributed by atoms with Crippen LogP contribution in [0.3, 0.4) is 0 Å². The molecule has 0 aliphatic carbocycles. The molecule has 2 N–H and O–H groups in total. The van der Waals surface area contributed by atoms with Gasteiger partial charge in [-0.1, -0.05) is 55.4 Å². The number of anilines is 1. The van der Waals surface area contributed by atoms with Crippen LogP contribution in [0.5, 0.6) is 0 Å². The van der Waals surface area contributed by atoms with Gasteiger partial charge >= 0.3 is 0 Å². The summed E-state index contributed by atoms with van der Waals surface area (Å²) < 4.78 is 28.6. The molecule has 1 heterocycles. The van der Waals surface area contributed by atoms with Crippen LogP contribution in [0, 0.1) is 6.92 Å². The fraction of sp³-hybridized carbons (Fsp3) is 0.241. The molecule has 0 bridgehead atoms. The minimum Gasteiger partial charge on any atom is -0.345 e. The van der Waals surface area contributed by atoms with Gasteiger partial charge in [0.25, 0.3) is 5.91 Å². The Balaban J connectivity index is 1.48. The number of thioether (sulfide) groups is 1. The molecule has 13 heteroatoms. The molecule has 42 heavy (non-hydrogen) atoms. The molecule has 0 aliphatic rings. The van der Waals surface area contributed by atoms with Gasteiger partial charge in [-0.05, 0) is 67.1 Å². The number of hydrogen-bond acceptors (Lipinski definition) is 7. The van der Waals surface area contributed by atoms with E-state index in [4.69, 9.17) is 11.6 Å². The van der Waals surface area contributed by atoms with Crippen molar-refractivity contribution in [1.29, 1.82) is 0 Å². The lowest BCUT2D eigenvalue weighted by atomic mass is 10.2. The summed E-state index contributed by atoms with van der Waals surface area (Å²) in [5.74, 6) is -0.100. The Bertz CT molecular complexity index is 1670. The first-order valence-electron chi connectivity index (χ1n) is 13.2. The summed E-state index contributed by atoms with van der Waals surface area (Å²) in [5.41, 5.74) is 2.71. The number of carbonyl (C=O) groups is 2. The molecule has 2 amide bonds. The monoisotopic (exact) mass is 626 g/mol.